The lowest BCUT2D eigenvalue weighted by Crippen LogP contribution is -2.06. The number of fused-ring (bicyclic) bond motifs is 1. The number of nitrogens with zero attached hydrogens (tertiary/aromatic N) is 1. The predicted molar refractivity (Wildman–Crippen MR) is 115 cm³/mol. The highest BCUT2D eigenvalue weighted by Gasteiger charge is 2.29. The van der Waals surface area contributed by atoms with Crippen LogP contribution in [0, 0.1) is 6.92 Å². The molecule has 2 aromatic heterocycles. The molecule has 0 fully saturated rings. The third-order valence-corrected chi connectivity index (χ3v) is 5.23. The van der Waals surface area contributed by atoms with E-state index in [1.54, 1.807) is 31.5 Å². The van der Waals surface area contributed by atoms with Crippen molar-refractivity contribution in [2.24, 2.45) is 0 Å². The third-order valence-electron chi connectivity index (χ3n) is 5.23. The smallest absolute Gasteiger partial charge is 0.337 e. The van der Waals surface area contributed by atoms with Crippen molar-refractivity contribution >= 4 is 35.2 Å². The van der Waals surface area contributed by atoms with Crippen LogP contribution in [0.3, 0.4) is 0 Å². The summed E-state index contributed by atoms with van der Waals surface area (Å²) in [6, 6.07) is 9.23. The highest BCUT2D eigenvalue weighted by atomic mass is 16.4. The van der Waals surface area contributed by atoms with Gasteiger partial charge in [-0.1, -0.05) is 12.1 Å². The zero-order valence-corrected chi connectivity index (χ0v) is 16.6. The van der Waals surface area contributed by atoms with Crippen molar-refractivity contribution in [1.29, 1.82) is 0 Å². The number of anilines is 1. The molecule has 0 bridgehead atoms. The number of carbonyl (C=O) groups is 3. The fraction of sp³-hybridized carbons (Fsp3) is 0.130. The molecule has 3 heterocycles. The van der Waals surface area contributed by atoms with Gasteiger partial charge in [0.2, 0.25) is 0 Å². The molecule has 1 aliphatic heterocycles. The van der Waals surface area contributed by atoms with Crippen molar-refractivity contribution in [3.05, 3.63) is 70.8 Å². The Morgan fingerprint density at radius 3 is 2.55 bits per heavy atom. The Labute approximate surface area is 177 Å². The van der Waals surface area contributed by atoms with E-state index in [0.717, 1.165) is 11.1 Å². The maximum absolute atomic E-state index is 12.8. The molecular weight excluding hydrogens is 398 g/mol. The summed E-state index contributed by atoms with van der Waals surface area (Å²) in [6.45, 7) is 1.61. The molecule has 0 radical (unpaired) electrons. The van der Waals surface area contributed by atoms with E-state index in [1.165, 1.54) is 0 Å². The second-order valence-electron chi connectivity index (χ2n) is 7.19. The van der Waals surface area contributed by atoms with E-state index in [9.17, 15) is 19.5 Å². The van der Waals surface area contributed by atoms with E-state index in [4.69, 9.17) is 5.11 Å². The van der Waals surface area contributed by atoms with Crippen LogP contribution in [0.4, 0.5) is 5.69 Å². The molecule has 0 saturated heterocycles. The van der Waals surface area contributed by atoms with Gasteiger partial charge < -0.3 is 20.5 Å². The highest BCUT2D eigenvalue weighted by molar-refractivity contribution is 6.36. The standard InChI is InChI=1S/C23H19N3O5/c1-12-20(23(30)31)15(5-6-19(27)28)18(25-12)11-16-21-14(13-7-9-24-10-8-13)3-2-4-17(21)26-22(16)29/h2-4,7-11,25H,5-6H2,1H3,(H,26,29)(H,27,28)(H,30,31). The Morgan fingerprint density at radius 1 is 1.13 bits per heavy atom. The van der Waals surface area contributed by atoms with Gasteiger partial charge in [0.05, 0.1) is 11.1 Å². The summed E-state index contributed by atoms with van der Waals surface area (Å²) < 4.78 is 0. The van der Waals surface area contributed by atoms with Crippen LogP contribution in [0.1, 0.15) is 39.3 Å². The minimum absolute atomic E-state index is 0.0287. The first-order valence-electron chi connectivity index (χ1n) is 9.60. The van der Waals surface area contributed by atoms with Gasteiger partial charge in [-0.3, -0.25) is 14.6 Å². The van der Waals surface area contributed by atoms with Crippen LogP contribution < -0.4 is 5.32 Å². The van der Waals surface area contributed by atoms with Crippen LogP contribution >= 0.6 is 0 Å². The molecule has 4 N–H and O–H groups in total. The van der Waals surface area contributed by atoms with Gasteiger partial charge in [-0.25, -0.2) is 4.79 Å². The van der Waals surface area contributed by atoms with Crippen LogP contribution in [0.5, 0.6) is 0 Å². The Bertz CT molecular complexity index is 1240. The van der Waals surface area contributed by atoms with Gasteiger partial charge in [0.15, 0.2) is 0 Å². The number of aliphatic carboxylic acids is 1. The summed E-state index contributed by atoms with van der Waals surface area (Å²) in [5, 5.41) is 21.5. The van der Waals surface area contributed by atoms with Crippen LogP contribution in [0.2, 0.25) is 0 Å². The SMILES string of the molecule is Cc1[nH]c(C=C2C(=O)Nc3cccc(-c4ccncc4)c32)c(CCC(=O)O)c1C(=O)O. The summed E-state index contributed by atoms with van der Waals surface area (Å²) in [7, 11) is 0. The molecule has 8 nitrogen and oxygen atoms in total. The van der Waals surface area contributed by atoms with Crippen molar-refractivity contribution in [3.63, 3.8) is 0 Å². The fourth-order valence-corrected chi connectivity index (χ4v) is 3.91. The number of carboxylic acid groups (broad SMARTS) is 2. The second kappa shape index (κ2) is 7.91. The number of pyridine rings is 1. The second-order valence-corrected chi connectivity index (χ2v) is 7.19. The molecular formula is C23H19N3O5. The minimum atomic E-state index is -1.15. The number of hydrogen-bond acceptors (Lipinski definition) is 4. The van der Waals surface area contributed by atoms with Gasteiger partial charge in [-0.15, -0.1) is 0 Å². The average Bonchev–Trinajstić information content (AvgIpc) is 3.23. The van der Waals surface area contributed by atoms with Crippen molar-refractivity contribution in [3.8, 4) is 11.1 Å². The van der Waals surface area contributed by atoms with E-state index in [2.05, 4.69) is 15.3 Å². The Balaban J connectivity index is 1.89. The Hall–Kier alpha value is -4.20. The molecule has 31 heavy (non-hydrogen) atoms. The van der Waals surface area contributed by atoms with E-state index >= 15 is 0 Å². The number of aromatic nitrogens is 2. The molecule has 0 unspecified atom stereocenters. The first-order valence-corrected chi connectivity index (χ1v) is 9.60. The summed E-state index contributed by atoms with van der Waals surface area (Å²) in [6.07, 6.45) is 4.74. The van der Waals surface area contributed by atoms with Gasteiger partial charge in [-0.2, -0.15) is 0 Å². The van der Waals surface area contributed by atoms with Crippen LogP contribution in [0.25, 0.3) is 22.8 Å². The van der Waals surface area contributed by atoms with Crippen molar-refractivity contribution in [1.82, 2.24) is 9.97 Å². The molecule has 1 aromatic carbocycles. The van der Waals surface area contributed by atoms with Crippen LogP contribution in [-0.4, -0.2) is 38.0 Å². The monoisotopic (exact) mass is 417 g/mol. The number of aromatic carboxylic acids is 1. The number of hydrogen-bond donors (Lipinski definition) is 4. The van der Waals surface area contributed by atoms with Gasteiger partial charge >= 0.3 is 11.9 Å². The van der Waals surface area contributed by atoms with Gasteiger partial charge in [0.1, 0.15) is 0 Å². The largest absolute Gasteiger partial charge is 0.481 e. The number of rotatable bonds is 6. The number of aryl methyl sites for hydroxylation is 1. The summed E-state index contributed by atoms with van der Waals surface area (Å²) in [5.74, 6) is -2.49. The molecule has 3 aromatic rings. The summed E-state index contributed by atoms with van der Waals surface area (Å²) in [4.78, 5) is 42.7. The third kappa shape index (κ3) is 3.71. The quantitative estimate of drug-likeness (QED) is 0.453. The fourth-order valence-electron chi connectivity index (χ4n) is 3.91. The number of carboxylic acids is 2. The first kappa shape index (κ1) is 20.1. The zero-order valence-electron chi connectivity index (χ0n) is 16.6. The topological polar surface area (TPSA) is 132 Å². The van der Waals surface area contributed by atoms with Crippen LogP contribution in [-0.2, 0) is 16.0 Å². The number of aromatic amines is 1. The molecule has 156 valence electrons. The number of nitrogens with one attached hydrogen (secondary N) is 2. The van der Waals surface area contributed by atoms with Gasteiger partial charge in [0, 0.05) is 41.5 Å². The molecule has 0 atom stereocenters. The maximum Gasteiger partial charge on any atom is 0.337 e. The van der Waals surface area contributed by atoms with Gasteiger partial charge in [-0.05, 0) is 54.3 Å². The summed E-state index contributed by atoms with van der Waals surface area (Å²) in [5.41, 5.74) is 4.66. The lowest BCUT2D eigenvalue weighted by atomic mass is 9.94. The average molecular weight is 417 g/mol. The molecule has 0 spiro atoms. The lowest BCUT2D eigenvalue weighted by molar-refractivity contribution is -0.137. The number of H-pyrrole nitrogens is 1. The van der Waals surface area contributed by atoms with E-state index < -0.39 is 11.9 Å². The highest BCUT2D eigenvalue weighted by Crippen LogP contribution is 2.40. The maximum atomic E-state index is 12.8. The number of amides is 1. The molecule has 0 aliphatic carbocycles. The number of carbonyl (C=O) groups excluding carboxylic acids is 1. The minimum Gasteiger partial charge on any atom is -0.481 e. The van der Waals surface area contributed by atoms with Crippen molar-refractivity contribution < 1.29 is 24.6 Å². The number of benzene rings is 1. The van der Waals surface area contributed by atoms with Crippen LogP contribution in [0.15, 0.2) is 42.7 Å². The first-order chi connectivity index (χ1) is 14.9. The lowest BCUT2D eigenvalue weighted by Gasteiger charge is -2.08. The molecule has 1 amide bonds. The molecule has 1 aliphatic rings. The molecule has 0 saturated carbocycles. The van der Waals surface area contributed by atoms with E-state index in [-0.39, 0.29) is 24.3 Å². The normalized spacial score (nSPS) is 13.8. The van der Waals surface area contributed by atoms with E-state index in [1.807, 2.05) is 24.3 Å². The van der Waals surface area contributed by atoms with Crippen molar-refractivity contribution in [2.75, 3.05) is 5.32 Å². The van der Waals surface area contributed by atoms with Crippen molar-refractivity contribution in [2.45, 2.75) is 19.8 Å². The predicted octanol–water partition coefficient (Wildman–Crippen LogP) is 3.59. The van der Waals surface area contributed by atoms with E-state index in [0.29, 0.717) is 33.8 Å². The Kier molecular flexibility index (Phi) is 5.12. The van der Waals surface area contributed by atoms with Gasteiger partial charge in [0.25, 0.3) is 5.91 Å². The molecule has 4 rings (SSSR count). The summed E-state index contributed by atoms with van der Waals surface area (Å²) >= 11 is 0. The molecule has 8 heteroatoms. The zero-order chi connectivity index (χ0) is 22.1. The Morgan fingerprint density at radius 2 is 1.87 bits per heavy atom.